The summed E-state index contributed by atoms with van der Waals surface area (Å²) in [6.45, 7) is 4.66. The smallest absolute Gasteiger partial charge is 0.348 e. The fraction of sp³-hybridized carbons (Fsp3) is 0.385. The van der Waals surface area contributed by atoms with Crippen molar-refractivity contribution in [2.24, 2.45) is 5.92 Å². The van der Waals surface area contributed by atoms with E-state index in [1.54, 1.807) is 0 Å². The molecule has 0 bridgehead atoms. The largest absolute Gasteiger partial charge is 0.461 e. The van der Waals surface area contributed by atoms with Crippen molar-refractivity contribution in [2.75, 3.05) is 6.61 Å². The van der Waals surface area contributed by atoms with Gasteiger partial charge in [0.05, 0.1) is 6.61 Å². The summed E-state index contributed by atoms with van der Waals surface area (Å²) in [7, 11) is 0. The number of ether oxygens (including phenoxy) is 1. The molecule has 0 radical (unpaired) electrons. The molecule has 1 atom stereocenters. The number of nitriles is 1. The normalized spacial score (nSPS) is 11.3. The molecule has 0 saturated carbocycles. The molecule has 2 aromatic rings. The van der Waals surface area contributed by atoms with Crippen LogP contribution in [-0.4, -0.2) is 12.6 Å². The van der Waals surface area contributed by atoms with Gasteiger partial charge in [0.2, 0.25) is 0 Å². The Labute approximate surface area is 175 Å². The number of carbonyl (C=O) groups excluding carboxylic acids is 1. The number of allylic oxidation sites excluding steroid dienone is 1. The van der Waals surface area contributed by atoms with Gasteiger partial charge in [0, 0.05) is 0 Å². The van der Waals surface area contributed by atoms with Crippen LogP contribution in [0.4, 0.5) is 0 Å². The number of carbonyl (C=O) groups is 1. The Kier molecular flexibility index (Phi) is 9.72. The van der Waals surface area contributed by atoms with Crippen LogP contribution < -0.4 is 0 Å². The summed E-state index contributed by atoms with van der Waals surface area (Å²) in [4.78, 5) is 12.8. The standard InChI is InChI=1S/C26H31NO2/c1-3-5-12-21(4-2)20-29-26(28)25(19-27)24(17-22-13-8-6-9-14-22)18-23-15-10-7-11-16-23/h6-11,13-16,21H,3-5,12,17-18,20H2,1-2H3. The number of esters is 1. The Morgan fingerprint density at radius 1 is 0.966 bits per heavy atom. The van der Waals surface area contributed by atoms with E-state index in [0.717, 1.165) is 42.4 Å². The molecule has 3 nitrogen and oxygen atoms in total. The highest BCUT2D eigenvalue weighted by molar-refractivity contribution is 5.93. The molecule has 0 aliphatic heterocycles. The second-order valence-corrected chi connectivity index (χ2v) is 7.43. The molecule has 0 spiro atoms. The van der Waals surface area contributed by atoms with Crippen LogP contribution in [0.5, 0.6) is 0 Å². The minimum atomic E-state index is -0.496. The van der Waals surface area contributed by atoms with E-state index in [1.165, 1.54) is 0 Å². The van der Waals surface area contributed by atoms with Gasteiger partial charge >= 0.3 is 5.97 Å². The third-order valence-electron chi connectivity index (χ3n) is 5.18. The molecule has 0 N–H and O–H groups in total. The summed E-state index contributed by atoms with van der Waals surface area (Å²) in [6.07, 6.45) is 5.39. The van der Waals surface area contributed by atoms with E-state index < -0.39 is 5.97 Å². The molecular weight excluding hydrogens is 358 g/mol. The van der Waals surface area contributed by atoms with Gasteiger partial charge < -0.3 is 4.74 Å². The Morgan fingerprint density at radius 2 is 1.52 bits per heavy atom. The molecule has 0 fully saturated rings. The van der Waals surface area contributed by atoms with Crippen molar-refractivity contribution >= 4 is 5.97 Å². The topological polar surface area (TPSA) is 50.1 Å². The molecule has 3 heteroatoms. The van der Waals surface area contributed by atoms with Gasteiger partial charge in [-0.05, 0) is 41.9 Å². The van der Waals surface area contributed by atoms with Gasteiger partial charge in [-0.3, -0.25) is 0 Å². The first kappa shape index (κ1) is 22.4. The van der Waals surface area contributed by atoms with E-state index in [4.69, 9.17) is 4.74 Å². The lowest BCUT2D eigenvalue weighted by Crippen LogP contribution is -2.17. The zero-order chi connectivity index (χ0) is 20.9. The van der Waals surface area contributed by atoms with Crippen LogP contribution >= 0.6 is 0 Å². The Hall–Kier alpha value is -2.86. The average Bonchev–Trinajstić information content (AvgIpc) is 2.76. The van der Waals surface area contributed by atoms with Crippen LogP contribution in [0, 0.1) is 17.2 Å². The second kappa shape index (κ2) is 12.6. The van der Waals surface area contributed by atoms with Crippen molar-refractivity contribution < 1.29 is 9.53 Å². The highest BCUT2D eigenvalue weighted by atomic mass is 16.5. The van der Waals surface area contributed by atoms with Gasteiger partial charge in [-0.15, -0.1) is 0 Å². The van der Waals surface area contributed by atoms with Crippen molar-refractivity contribution in [3.8, 4) is 6.07 Å². The summed E-state index contributed by atoms with van der Waals surface area (Å²) < 4.78 is 5.58. The fourth-order valence-corrected chi connectivity index (χ4v) is 3.36. The van der Waals surface area contributed by atoms with Crippen molar-refractivity contribution in [1.29, 1.82) is 5.26 Å². The predicted octanol–water partition coefficient (Wildman–Crippen LogP) is 6.05. The van der Waals surface area contributed by atoms with Crippen molar-refractivity contribution in [2.45, 2.75) is 52.4 Å². The highest BCUT2D eigenvalue weighted by Crippen LogP contribution is 2.20. The van der Waals surface area contributed by atoms with Crippen LogP contribution in [0.25, 0.3) is 0 Å². The van der Waals surface area contributed by atoms with Crippen molar-refractivity contribution in [3.05, 3.63) is 82.9 Å². The number of nitrogens with zero attached hydrogens (tertiary/aromatic N) is 1. The molecule has 0 heterocycles. The van der Waals surface area contributed by atoms with E-state index in [-0.39, 0.29) is 5.57 Å². The van der Waals surface area contributed by atoms with Gasteiger partial charge in [0.15, 0.2) is 0 Å². The Bertz CT molecular complexity index is 775. The maximum Gasteiger partial charge on any atom is 0.348 e. The first-order valence-corrected chi connectivity index (χ1v) is 10.5. The third-order valence-corrected chi connectivity index (χ3v) is 5.18. The molecule has 0 aromatic heterocycles. The number of unbranched alkanes of at least 4 members (excludes halogenated alkanes) is 1. The van der Waals surface area contributed by atoms with Crippen molar-refractivity contribution in [3.63, 3.8) is 0 Å². The number of rotatable bonds is 11. The lowest BCUT2D eigenvalue weighted by molar-refractivity contribution is -0.140. The second-order valence-electron chi connectivity index (χ2n) is 7.43. The monoisotopic (exact) mass is 389 g/mol. The first-order chi connectivity index (χ1) is 14.2. The number of hydrogen-bond acceptors (Lipinski definition) is 3. The molecule has 0 aliphatic carbocycles. The molecule has 29 heavy (non-hydrogen) atoms. The predicted molar refractivity (Wildman–Crippen MR) is 117 cm³/mol. The van der Waals surface area contributed by atoms with Crippen molar-refractivity contribution in [1.82, 2.24) is 0 Å². The van der Waals surface area contributed by atoms with E-state index in [0.29, 0.717) is 25.4 Å². The maximum absolute atomic E-state index is 12.8. The molecule has 152 valence electrons. The van der Waals surface area contributed by atoms with Gasteiger partial charge in [0.25, 0.3) is 0 Å². The molecule has 0 aliphatic rings. The lowest BCUT2D eigenvalue weighted by atomic mass is 9.94. The summed E-state index contributed by atoms with van der Waals surface area (Å²) in [5.41, 5.74) is 3.10. The summed E-state index contributed by atoms with van der Waals surface area (Å²) >= 11 is 0. The molecule has 0 amide bonds. The van der Waals surface area contributed by atoms with Gasteiger partial charge in [0.1, 0.15) is 11.6 Å². The van der Waals surface area contributed by atoms with Gasteiger partial charge in [-0.2, -0.15) is 5.26 Å². The molecule has 2 rings (SSSR count). The molecule has 0 saturated heterocycles. The molecule has 1 unspecified atom stereocenters. The zero-order valence-electron chi connectivity index (χ0n) is 17.6. The van der Waals surface area contributed by atoms with Crippen LogP contribution in [-0.2, 0) is 22.4 Å². The van der Waals surface area contributed by atoms with E-state index in [2.05, 4.69) is 19.9 Å². The minimum absolute atomic E-state index is 0.142. The van der Waals surface area contributed by atoms with Crippen LogP contribution in [0.1, 0.15) is 50.7 Å². The SMILES string of the molecule is CCCCC(CC)COC(=O)C(C#N)=C(Cc1ccccc1)Cc1ccccc1. The number of benzene rings is 2. The fourth-order valence-electron chi connectivity index (χ4n) is 3.36. The van der Waals surface area contributed by atoms with Crippen LogP contribution in [0.2, 0.25) is 0 Å². The molecule has 2 aromatic carbocycles. The number of hydrogen-bond donors (Lipinski definition) is 0. The van der Waals surface area contributed by atoms with E-state index in [9.17, 15) is 10.1 Å². The summed E-state index contributed by atoms with van der Waals surface area (Å²) in [6, 6.07) is 22.0. The Morgan fingerprint density at radius 3 is 1.97 bits per heavy atom. The van der Waals surface area contributed by atoms with E-state index >= 15 is 0 Å². The highest BCUT2D eigenvalue weighted by Gasteiger charge is 2.19. The van der Waals surface area contributed by atoms with Crippen LogP contribution in [0.15, 0.2) is 71.8 Å². The quantitative estimate of drug-likeness (QED) is 0.267. The summed E-state index contributed by atoms with van der Waals surface area (Å²) in [5, 5.41) is 9.78. The van der Waals surface area contributed by atoms with Gasteiger partial charge in [-0.1, -0.05) is 93.8 Å². The van der Waals surface area contributed by atoms with Gasteiger partial charge in [-0.25, -0.2) is 4.79 Å². The first-order valence-electron chi connectivity index (χ1n) is 10.5. The third kappa shape index (κ3) is 7.58. The lowest BCUT2D eigenvalue weighted by Gasteiger charge is -2.16. The molecular formula is C26H31NO2. The summed E-state index contributed by atoms with van der Waals surface area (Å²) in [5.74, 6) is -0.144. The average molecular weight is 390 g/mol. The minimum Gasteiger partial charge on any atom is -0.461 e. The maximum atomic E-state index is 12.8. The Balaban J connectivity index is 2.22. The van der Waals surface area contributed by atoms with Crippen LogP contribution in [0.3, 0.4) is 0 Å². The zero-order valence-corrected chi connectivity index (χ0v) is 17.6. The van der Waals surface area contributed by atoms with E-state index in [1.807, 2.05) is 60.7 Å².